The first kappa shape index (κ1) is 22.8. The fourth-order valence-electron chi connectivity index (χ4n) is 5.03. The van der Waals surface area contributed by atoms with Crippen molar-refractivity contribution in [2.45, 2.75) is 70.1 Å². The zero-order chi connectivity index (χ0) is 21.7. The number of piperazine rings is 1. The van der Waals surface area contributed by atoms with Gasteiger partial charge in [0.05, 0.1) is 6.04 Å². The monoisotopic (exact) mass is 423 g/mol. The molecule has 3 fully saturated rings. The van der Waals surface area contributed by atoms with Crippen molar-refractivity contribution in [2.24, 2.45) is 5.92 Å². The number of hydrogen-bond acceptors (Lipinski definition) is 5. The standard InChI is InChI=1S/C21H37N5O4/c1-14(2)23-21(29)24-16-8-17-12-25(10-15-6-4-5-7-15)18(20(28)26(17)11-16)9-22-19(27)13-30-3/h14-18H,4-13H2,1-3H3,(H,22,27)(H2,23,24,29)/t16-,17-,18-/m0/s1. The molecule has 0 aromatic heterocycles. The van der Waals surface area contributed by atoms with E-state index in [1.807, 2.05) is 18.7 Å². The predicted molar refractivity (Wildman–Crippen MR) is 113 cm³/mol. The molecular formula is C21H37N5O4. The van der Waals surface area contributed by atoms with Crippen LogP contribution in [0.15, 0.2) is 0 Å². The highest BCUT2D eigenvalue weighted by Gasteiger charge is 2.46. The average Bonchev–Trinajstić information content (AvgIpc) is 3.30. The van der Waals surface area contributed by atoms with Crippen molar-refractivity contribution in [3.8, 4) is 0 Å². The zero-order valence-corrected chi connectivity index (χ0v) is 18.5. The van der Waals surface area contributed by atoms with E-state index < -0.39 is 0 Å². The first-order valence-corrected chi connectivity index (χ1v) is 11.2. The molecule has 2 heterocycles. The second-order valence-corrected chi connectivity index (χ2v) is 9.21. The van der Waals surface area contributed by atoms with E-state index in [0.29, 0.717) is 19.0 Å². The van der Waals surface area contributed by atoms with Gasteiger partial charge in [-0.15, -0.1) is 0 Å². The lowest BCUT2D eigenvalue weighted by atomic mass is 10.0. The van der Waals surface area contributed by atoms with E-state index >= 15 is 0 Å². The van der Waals surface area contributed by atoms with Crippen LogP contribution in [-0.2, 0) is 14.3 Å². The van der Waals surface area contributed by atoms with Crippen LogP contribution in [0.2, 0.25) is 0 Å². The summed E-state index contributed by atoms with van der Waals surface area (Å²) in [5, 5.41) is 8.71. The molecule has 170 valence electrons. The molecule has 0 aromatic carbocycles. The zero-order valence-electron chi connectivity index (χ0n) is 18.5. The van der Waals surface area contributed by atoms with Crippen molar-refractivity contribution in [2.75, 3.05) is 39.9 Å². The molecule has 0 spiro atoms. The smallest absolute Gasteiger partial charge is 0.315 e. The predicted octanol–water partition coefficient (Wildman–Crippen LogP) is 0.301. The maximum atomic E-state index is 13.3. The van der Waals surface area contributed by atoms with Crippen molar-refractivity contribution in [3.05, 3.63) is 0 Å². The van der Waals surface area contributed by atoms with Gasteiger partial charge in [-0.3, -0.25) is 14.5 Å². The number of ether oxygens (including phenoxy) is 1. The van der Waals surface area contributed by atoms with E-state index in [4.69, 9.17) is 4.74 Å². The third kappa shape index (κ3) is 5.85. The number of carbonyl (C=O) groups is 3. The van der Waals surface area contributed by atoms with Crippen LogP contribution in [-0.4, -0.2) is 91.7 Å². The SMILES string of the molecule is COCC(=O)NC[C@H]1C(=O)N2C[C@@H](NC(=O)NC(C)C)C[C@H]2CN1CC1CCCC1. The molecule has 2 aliphatic heterocycles. The van der Waals surface area contributed by atoms with Gasteiger partial charge in [-0.2, -0.15) is 0 Å². The van der Waals surface area contributed by atoms with Crippen LogP contribution < -0.4 is 16.0 Å². The van der Waals surface area contributed by atoms with Crippen molar-refractivity contribution >= 4 is 17.8 Å². The Morgan fingerprint density at radius 2 is 1.93 bits per heavy atom. The van der Waals surface area contributed by atoms with E-state index in [1.54, 1.807) is 0 Å². The molecule has 3 N–H and O–H groups in total. The van der Waals surface area contributed by atoms with E-state index in [-0.39, 0.29) is 48.6 Å². The summed E-state index contributed by atoms with van der Waals surface area (Å²) in [5.74, 6) is 0.462. The molecule has 1 saturated carbocycles. The highest BCUT2D eigenvalue weighted by Crippen LogP contribution is 2.30. The van der Waals surface area contributed by atoms with Gasteiger partial charge in [0.15, 0.2) is 0 Å². The Morgan fingerprint density at radius 1 is 1.20 bits per heavy atom. The first-order chi connectivity index (χ1) is 14.4. The third-order valence-corrected chi connectivity index (χ3v) is 6.36. The van der Waals surface area contributed by atoms with Crippen LogP contribution in [0.3, 0.4) is 0 Å². The minimum absolute atomic E-state index is 0.00711. The number of methoxy groups -OCH3 is 1. The summed E-state index contributed by atoms with van der Waals surface area (Å²) >= 11 is 0. The molecule has 0 aromatic rings. The lowest BCUT2D eigenvalue weighted by Crippen LogP contribution is -2.63. The van der Waals surface area contributed by atoms with Gasteiger partial charge in [-0.1, -0.05) is 12.8 Å². The van der Waals surface area contributed by atoms with Gasteiger partial charge in [0.25, 0.3) is 0 Å². The highest BCUT2D eigenvalue weighted by atomic mass is 16.5. The van der Waals surface area contributed by atoms with Crippen LogP contribution in [0.4, 0.5) is 4.79 Å². The Morgan fingerprint density at radius 3 is 2.60 bits per heavy atom. The number of hydrogen-bond donors (Lipinski definition) is 3. The minimum Gasteiger partial charge on any atom is -0.375 e. The van der Waals surface area contributed by atoms with Crippen LogP contribution in [0.5, 0.6) is 0 Å². The molecule has 0 radical (unpaired) electrons. The molecule has 9 nitrogen and oxygen atoms in total. The average molecular weight is 424 g/mol. The molecule has 3 atom stereocenters. The Kier molecular flexibility index (Phi) is 7.93. The summed E-state index contributed by atoms with van der Waals surface area (Å²) in [4.78, 5) is 41.5. The molecule has 0 unspecified atom stereocenters. The Balaban J connectivity index is 1.64. The third-order valence-electron chi connectivity index (χ3n) is 6.36. The van der Waals surface area contributed by atoms with Crippen molar-refractivity contribution in [1.82, 2.24) is 25.8 Å². The molecule has 0 bridgehead atoms. The van der Waals surface area contributed by atoms with Crippen LogP contribution in [0.1, 0.15) is 46.0 Å². The molecule has 3 aliphatic rings. The Labute approximate surface area is 179 Å². The molecule has 2 saturated heterocycles. The maximum absolute atomic E-state index is 13.3. The Hall–Kier alpha value is -1.87. The fourth-order valence-corrected chi connectivity index (χ4v) is 5.03. The van der Waals surface area contributed by atoms with Crippen LogP contribution in [0, 0.1) is 5.92 Å². The second kappa shape index (κ2) is 10.4. The van der Waals surface area contributed by atoms with Crippen LogP contribution in [0.25, 0.3) is 0 Å². The molecular weight excluding hydrogens is 386 g/mol. The summed E-state index contributed by atoms with van der Waals surface area (Å²) in [6, 6.07) is -0.418. The number of fused-ring (bicyclic) bond motifs is 1. The number of carbonyl (C=O) groups excluding carboxylic acids is 3. The lowest BCUT2D eigenvalue weighted by Gasteiger charge is -2.43. The van der Waals surface area contributed by atoms with Gasteiger partial charge in [0.2, 0.25) is 11.8 Å². The summed E-state index contributed by atoms with van der Waals surface area (Å²) in [5.41, 5.74) is 0. The van der Waals surface area contributed by atoms with Gasteiger partial charge in [0, 0.05) is 45.4 Å². The van der Waals surface area contributed by atoms with E-state index in [1.165, 1.54) is 32.8 Å². The maximum Gasteiger partial charge on any atom is 0.315 e. The Bertz CT molecular complexity index is 623. The van der Waals surface area contributed by atoms with E-state index in [9.17, 15) is 14.4 Å². The van der Waals surface area contributed by atoms with Gasteiger partial charge in [-0.25, -0.2) is 4.79 Å². The second-order valence-electron chi connectivity index (χ2n) is 9.21. The minimum atomic E-state index is -0.356. The quantitative estimate of drug-likeness (QED) is 0.521. The van der Waals surface area contributed by atoms with Crippen molar-refractivity contribution in [3.63, 3.8) is 0 Å². The number of urea groups is 1. The molecule has 3 rings (SSSR count). The first-order valence-electron chi connectivity index (χ1n) is 11.2. The van der Waals surface area contributed by atoms with Crippen LogP contribution >= 0.6 is 0 Å². The molecule has 4 amide bonds. The summed E-state index contributed by atoms with van der Waals surface area (Å²) < 4.78 is 4.89. The fraction of sp³-hybridized carbons (Fsp3) is 0.857. The summed E-state index contributed by atoms with van der Waals surface area (Å²) in [6.07, 6.45) is 5.70. The normalized spacial score (nSPS) is 27.4. The molecule has 30 heavy (non-hydrogen) atoms. The van der Waals surface area contributed by atoms with Gasteiger partial charge in [0.1, 0.15) is 12.6 Å². The van der Waals surface area contributed by atoms with E-state index in [0.717, 1.165) is 19.5 Å². The largest absolute Gasteiger partial charge is 0.375 e. The topological polar surface area (TPSA) is 103 Å². The number of rotatable bonds is 8. The number of nitrogens with one attached hydrogen (secondary N) is 3. The van der Waals surface area contributed by atoms with Gasteiger partial charge >= 0.3 is 6.03 Å². The van der Waals surface area contributed by atoms with Gasteiger partial charge in [-0.05, 0) is 39.0 Å². The lowest BCUT2D eigenvalue weighted by molar-refractivity contribution is -0.144. The highest BCUT2D eigenvalue weighted by molar-refractivity contribution is 5.85. The molecule has 1 aliphatic carbocycles. The summed E-state index contributed by atoms with van der Waals surface area (Å²) in [7, 11) is 1.48. The number of nitrogens with zero attached hydrogens (tertiary/aromatic N) is 2. The van der Waals surface area contributed by atoms with E-state index in [2.05, 4.69) is 20.9 Å². The van der Waals surface area contributed by atoms with Gasteiger partial charge < -0.3 is 25.6 Å². The molecule has 9 heteroatoms. The van der Waals surface area contributed by atoms with Crippen molar-refractivity contribution in [1.29, 1.82) is 0 Å². The van der Waals surface area contributed by atoms with Crippen molar-refractivity contribution < 1.29 is 19.1 Å². The summed E-state index contributed by atoms with van der Waals surface area (Å²) in [6.45, 7) is 6.34. The number of amides is 4.